The summed E-state index contributed by atoms with van der Waals surface area (Å²) in [6.45, 7) is 2.99. The molecule has 0 N–H and O–H groups in total. The van der Waals surface area contributed by atoms with Crippen molar-refractivity contribution in [3.05, 3.63) is 65.2 Å². The lowest BCUT2D eigenvalue weighted by Gasteiger charge is -2.29. The maximum atomic E-state index is 12.2. The molecular formula is C21H18O6. The third-order valence-corrected chi connectivity index (χ3v) is 3.99. The zero-order chi connectivity index (χ0) is 19.6. The van der Waals surface area contributed by atoms with Crippen molar-refractivity contribution in [3.8, 4) is 11.1 Å². The van der Waals surface area contributed by atoms with Crippen LogP contribution in [0, 0.1) is 0 Å². The Labute approximate surface area is 156 Å². The van der Waals surface area contributed by atoms with Crippen molar-refractivity contribution >= 4 is 24.0 Å². The largest absolute Gasteiger partial charge is 0.465 e. The molecule has 0 aromatic heterocycles. The van der Waals surface area contributed by atoms with Gasteiger partial charge in [-0.15, -0.1) is 0 Å². The molecule has 138 valence electrons. The van der Waals surface area contributed by atoms with Gasteiger partial charge in [0.1, 0.15) is 5.57 Å². The maximum Gasteiger partial charge on any atom is 0.348 e. The molecule has 0 unspecified atom stereocenters. The van der Waals surface area contributed by atoms with Crippen molar-refractivity contribution in [2.45, 2.75) is 19.6 Å². The van der Waals surface area contributed by atoms with E-state index in [0.717, 1.165) is 11.1 Å². The highest BCUT2D eigenvalue weighted by atomic mass is 16.7. The van der Waals surface area contributed by atoms with E-state index in [1.165, 1.54) is 27.0 Å². The Balaban J connectivity index is 1.99. The van der Waals surface area contributed by atoms with Gasteiger partial charge in [0.2, 0.25) is 0 Å². The van der Waals surface area contributed by atoms with E-state index in [4.69, 9.17) is 14.2 Å². The van der Waals surface area contributed by atoms with Gasteiger partial charge in [-0.05, 0) is 34.9 Å². The zero-order valence-corrected chi connectivity index (χ0v) is 15.1. The SMILES string of the molecule is COC(=O)c1ccc(-c2ccccc2C=C2C(=O)OC(C)(C)OC2=O)cc1. The van der Waals surface area contributed by atoms with E-state index < -0.39 is 23.7 Å². The van der Waals surface area contributed by atoms with Crippen molar-refractivity contribution < 1.29 is 28.6 Å². The lowest BCUT2D eigenvalue weighted by Crippen LogP contribution is -2.41. The van der Waals surface area contributed by atoms with Gasteiger partial charge in [-0.3, -0.25) is 0 Å². The number of benzene rings is 2. The fraction of sp³-hybridized carbons (Fsp3) is 0.190. The summed E-state index contributed by atoms with van der Waals surface area (Å²) in [7, 11) is 1.32. The van der Waals surface area contributed by atoms with E-state index in [1.54, 1.807) is 36.4 Å². The van der Waals surface area contributed by atoms with Crippen molar-refractivity contribution in [1.29, 1.82) is 0 Å². The van der Waals surface area contributed by atoms with Crippen LogP contribution in [0.3, 0.4) is 0 Å². The van der Waals surface area contributed by atoms with Crippen LogP contribution in [0.4, 0.5) is 0 Å². The first-order valence-electron chi connectivity index (χ1n) is 8.27. The minimum absolute atomic E-state index is 0.173. The van der Waals surface area contributed by atoms with Crippen molar-refractivity contribution in [2.24, 2.45) is 0 Å². The fourth-order valence-corrected chi connectivity index (χ4v) is 2.72. The second-order valence-electron chi connectivity index (χ2n) is 6.39. The number of carbonyl (C=O) groups is 3. The molecule has 6 heteroatoms. The average Bonchev–Trinajstić information content (AvgIpc) is 2.64. The molecule has 1 heterocycles. The number of cyclic esters (lactones) is 2. The number of methoxy groups -OCH3 is 1. The third kappa shape index (κ3) is 3.89. The molecule has 27 heavy (non-hydrogen) atoms. The number of hydrogen-bond donors (Lipinski definition) is 0. The summed E-state index contributed by atoms with van der Waals surface area (Å²) in [6.07, 6.45) is 1.45. The van der Waals surface area contributed by atoms with Gasteiger partial charge in [-0.25, -0.2) is 14.4 Å². The average molecular weight is 366 g/mol. The minimum atomic E-state index is -1.28. The van der Waals surface area contributed by atoms with Crippen LogP contribution in [0.15, 0.2) is 54.1 Å². The number of rotatable bonds is 3. The van der Waals surface area contributed by atoms with Crippen LogP contribution in [-0.2, 0) is 23.8 Å². The molecule has 6 nitrogen and oxygen atoms in total. The van der Waals surface area contributed by atoms with Crippen molar-refractivity contribution in [2.75, 3.05) is 7.11 Å². The van der Waals surface area contributed by atoms with Crippen LogP contribution in [0.2, 0.25) is 0 Å². The van der Waals surface area contributed by atoms with Gasteiger partial charge in [0.05, 0.1) is 12.7 Å². The van der Waals surface area contributed by atoms with E-state index in [0.29, 0.717) is 11.1 Å². The quantitative estimate of drug-likeness (QED) is 0.471. The summed E-state index contributed by atoms with van der Waals surface area (Å²) in [5, 5.41) is 0. The first kappa shape index (κ1) is 18.4. The molecule has 0 amide bonds. The van der Waals surface area contributed by atoms with Gasteiger partial charge in [0.25, 0.3) is 5.79 Å². The third-order valence-electron chi connectivity index (χ3n) is 3.99. The summed E-state index contributed by atoms with van der Waals surface area (Å²) in [6, 6.07) is 14.1. The molecule has 0 aliphatic carbocycles. The zero-order valence-electron chi connectivity index (χ0n) is 15.1. The molecule has 2 aromatic carbocycles. The Kier molecular flexibility index (Phi) is 4.81. The lowest BCUT2D eigenvalue weighted by atomic mass is 9.97. The summed E-state index contributed by atoms with van der Waals surface area (Å²) in [5.74, 6) is -3.17. The van der Waals surface area contributed by atoms with Crippen molar-refractivity contribution in [1.82, 2.24) is 0 Å². The highest BCUT2D eigenvalue weighted by Gasteiger charge is 2.38. The van der Waals surface area contributed by atoms with Crippen LogP contribution in [0.1, 0.15) is 29.8 Å². The second kappa shape index (κ2) is 7.07. The highest BCUT2D eigenvalue weighted by Crippen LogP contribution is 2.29. The normalized spacial score (nSPS) is 15.6. The molecule has 1 aliphatic rings. The Morgan fingerprint density at radius 3 is 2.15 bits per heavy atom. The van der Waals surface area contributed by atoms with E-state index in [-0.39, 0.29) is 5.57 Å². The Hall–Kier alpha value is -3.41. The molecule has 0 radical (unpaired) electrons. The van der Waals surface area contributed by atoms with E-state index in [1.807, 2.05) is 12.1 Å². The van der Waals surface area contributed by atoms with E-state index in [2.05, 4.69) is 0 Å². The predicted octanol–water partition coefficient (Wildman–Crippen LogP) is 3.36. The molecule has 2 aromatic rings. The monoisotopic (exact) mass is 366 g/mol. The molecular weight excluding hydrogens is 348 g/mol. The van der Waals surface area contributed by atoms with Gasteiger partial charge >= 0.3 is 17.9 Å². The second-order valence-corrected chi connectivity index (χ2v) is 6.39. The van der Waals surface area contributed by atoms with Crippen LogP contribution >= 0.6 is 0 Å². The summed E-state index contributed by atoms with van der Waals surface area (Å²) in [4.78, 5) is 35.9. The van der Waals surface area contributed by atoms with Crippen LogP contribution in [0.25, 0.3) is 17.2 Å². The summed E-state index contributed by atoms with van der Waals surface area (Å²) < 4.78 is 14.9. The van der Waals surface area contributed by atoms with Gasteiger partial charge in [-0.2, -0.15) is 0 Å². The molecule has 3 rings (SSSR count). The lowest BCUT2D eigenvalue weighted by molar-refractivity contribution is -0.222. The smallest absolute Gasteiger partial charge is 0.348 e. The molecule has 1 aliphatic heterocycles. The molecule has 0 saturated carbocycles. The summed E-state index contributed by atoms with van der Waals surface area (Å²) >= 11 is 0. The number of ether oxygens (including phenoxy) is 3. The fourth-order valence-electron chi connectivity index (χ4n) is 2.72. The van der Waals surface area contributed by atoms with E-state index in [9.17, 15) is 14.4 Å². The molecule has 1 fully saturated rings. The van der Waals surface area contributed by atoms with Gasteiger partial charge < -0.3 is 14.2 Å². The standard InChI is InChI=1S/C21H18O6/c1-21(2)26-19(23)17(20(24)27-21)12-15-6-4-5-7-16(15)13-8-10-14(11-9-13)18(22)25-3/h4-12H,1-3H3. The van der Waals surface area contributed by atoms with Crippen LogP contribution in [0.5, 0.6) is 0 Å². The minimum Gasteiger partial charge on any atom is -0.465 e. The summed E-state index contributed by atoms with van der Waals surface area (Å²) in [5.41, 5.74) is 2.50. The Morgan fingerprint density at radius 2 is 1.56 bits per heavy atom. The molecule has 0 atom stereocenters. The van der Waals surface area contributed by atoms with Gasteiger partial charge in [0, 0.05) is 13.8 Å². The Bertz CT molecular complexity index is 915. The number of esters is 3. The van der Waals surface area contributed by atoms with Gasteiger partial charge in [0.15, 0.2) is 0 Å². The van der Waals surface area contributed by atoms with Gasteiger partial charge in [-0.1, -0.05) is 36.4 Å². The molecule has 0 bridgehead atoms. The first-order valence-corrected chi connectivity index (χ1v) is 8.27. The predicted molar refractivity (Wildman–Crippen MR) is 97.5 cm³/mol. The van der Waals surface area contributed by atoms with E-state index >= 15 is 0 Å². The maximum absolute atomic E-state index is 12.2. The topological polar surface area (TPSA) is 78.9 Å². The van der Waals surface area contributed by atoms with Crippen LogP contribution in [-0.4, -0.2) is 30.8 Å². The van der Waals surface area contributed by atoms with Crippen molar-refractivity contribution in [3.63, 3.8) is 0 Å². The first-order chi connectivity index (χ1) is 12.8. The van der Waals surface area contributed by atoms with Crippen LogP contribution < -0.4 is 0 Å². The highest BCUT2D eigenvalue weighted by molar-refractivity contribution is 6.19. The molecule has 1 saturated heterocycles. The number of hydrogen-bond acceptors (Lipinski definition) is 6. The molecule has 0 spiro atoms. The number of carbonyl (C=O) groups excluding carboxylic acids is 3. The Morgan fingerprint density at radius 1 is 0.963 bits per heavy atom.